The van der Waals surface area contributed by atoms with E-state index in [1.165, 1.54) is 122 Å². The second-order valence-corrected chi connectivity index (χ2v) is 12.2. The molecule has 0 aliphatic heterocycles. The molecule has 0 nitrogen and oxygen atoms in total. The molecule has 0 N–H and O–H groups in total. The van der Waals surface area contributed by atoms with Gasteiger partial charge in [0.1, 0.15) is 0 Å². The third-order valence-corrected chi connectivity index (χ3v) is 9.39. The van der Waals surface area contributed by atoms with Crippen molar-refractivity contribution in [3.05, 3.63) is 130 Å². The summed E-state index contributed by atoms with van der Waals surface area (Å²) in [4.78, 5) is 0. The molecule has 0 saturated heterocycles. The van der Waals surface area contributed by atoms with Gasteiger partial charge in [0.25, 0.3) is 0 Å². The predicted molar refractivity (Wildman–Crippen MR) is 178 cm³/mol. The Labute approximate surface area is 250 Å². The zero-order chi connectivity index (χ0) is 28.3. The molecule has 0 amide bonds. The number of aryl methyl sites for hydroxylation is 2. The molecule has 5 rings (SSSR count). The first-order chi connectivity index (χ1) is 20.3. The van der Waals surface area contributed by atoms with Gasteiger partial charge in [0.15, 0.2) is 0 Å². The van der Waals surface area contributed by atoms with Gasteiger partial charge in [0.05, 0.1) is 5.41 Å². The first kappa shape index (κ1) is 29.4. The van der Waals surface area contributed by atoms with Crippen LogP contribution in [0.2, 0.25) is 0 Å². The highest BCUT2D eigenvalue weighted by Crippen LogP contribution is 2.57. The normalized spacial score (nSPS) is 13.2. The molecule has 0 heteroatoms. The maximum absolute atomic E-state index is 2.45. The minimum absolute atomic E-state index is 0.287. The molecule has 41 heavy (non-hydrogen) atoms. The van der Waals surface area contributed by atoms with Crippen molar-refractivity contribution in [2.75, 3.05) is 0 Å². The Morgan fingerprint density at radius 2 is 0.707 bits per heavy atom. The third kappa shape index (κ3) is 6.23. The summed E-state index contributed by atoms with van der Waals surface area (Å²) in [6.45, 7) is 4.61. The fraction of sp³-hybridized carbons (Fsp3) is 0.415. The van der Waals surface area contributed by atoms with Gasteiger partial charge in [-0.25, -0.2) is 0 Å². The highest BCUT2D eigenvalue weighted by atomic mass is 14.5. The number of benzene rings is 4. The highest BCUT2D eigenvalue weighted by Gasteiger charge is 2.47. The van der Waals surface area contributed by atoms with Gasteiger partial charge < -0.3 is 0 Å². The highest BCUT2D eigenvalue weighted by molar-refractivity contribution is 5.86. The fourth-order valence-electron chi connectivity index (χ4n) is 7.36. The van der Waals surface area contributed by atoms with Crippen LogP contribution >= 0.6 is 0 Å². The average molecular weight is 543 g/mol. The van der Waals surface area contributed by atoms with Gasteiger partial charge in [0.2, 0.25) is 0 Å². The van der Waals surface area contributed by atoms with E-state index in [-0.39, 0.29) is 5.41 Å². The van der Waals surface area contributed by atoms with Gasteiger partial charge in [-0.1, -0.05) is 175 Å². The number of rotatable bonds is 16. The van der Waals surface area contributed by atoms with Crippen LogP contribution in [0.15, 0.2) is 97.1 Å². The Balaban J connectivity index is 1.60. The summed E-state index contributed by atoms with van der Waals surface area (Å²) in [6.07, 6.45) is 18.3. The monoisotopic (exact) mass is 542 g/mol. The van der Waals surface area contributed by atoms with E-state index in [1.54, 1.807) is 0 Å². The molecule has 0 fully saturated rings. The molecule has 0 heterocycles. The van der Waals surface area contributed by atoms with E-state index in [9.17, 15) is 0 Å². The lowest BCUT2D eigenvalue weighted by atomic mass is 9.64. The van der Waals surface area contributed by atoms with Gasteiger partial charge in [-0.05, 0) is 70.2 Å². The van der Waals surface area contributed by atoms with Crippen molar-refractivity contribution >= 4 is 0 Å². The molecule has 1 aliphatic carbocycles. The molecule has 0 atom stereocenters. The molecular weight excluding hydrogens is 492 g/mol. The van der Waals surface area contributed by atoms with Crippen LogP contribution in [0.25, 0.3) is 11.1 Å². The fourth-order valence-corrected chi connectivity index (χ4v) is 7.36. The summed E-state index contributed by atoms with van der Waals surface area (Å²) in [6, 6.07) is 37.3. The molecule has 4 aromatic rings. The minimum atomic E-state index is -0.287. The molecule has 4 aromatic carbocycles. The zero-order valence-corrected chi connectivity index (χ0v) is 25.6. The summed E-state index contributed by atoms with van der Waals surface area (Å²) in [5, 5.41) is 0. The Morgan fingerprint density at radius 3 is 1.15 bits per heavy atom. The second kappa shape index (κ2) is 14.7. The first-order valence-corrected chi connectivity index (χ1v) is 16.7. The van der Waals surface area contributed by atoms with Crippen molar-refractivity contribution in [3.8, 4) is 11.1 Å². The van der Waals surface area contributed by atoms with Crippen molar-refractivity contribution in [2.45, 2.75) is 109 Å². The Morgan fingerprint density at radius 1 is 0.366 bits per heavy atom. The molecule has 0 bridgehead atoms. The maximum atomic E-state index is 2.45. The van der Waals surface area contributed by atoms with E-state index >= 15 is 0 Å². The van der Waals surface area contributed by atoms with Gasteiger partial charge in [-0.3, -0.25) is 0 Å². The topological polar surface area (TPSA) is 0 Å². The minimum Gasteiger partial charge on any atom is -0.0654 e. The Bertz CT molecular complexity index is 1270. The van der Waals surface area contributed by atoms with Crippen molar-refractivity contribution in [3.63, 3.8) is 0 Å². The number of unbranched alkanes of at least 4 members (excludes halogenated alkanes) is 10. The van der Waals surface area contributed by atoms with Crippen LogP contribution < -0.4 is 0 Å². The van der Waals surface area contributed by atoms with Crippen molar-refractivity contribution in [1.29, 1.82) is 0 Å². The van der Waals surface area contributed by atoms with Gasteiger partial charge >= 0.3 is 0 Å². The van der Waals surface area contributed by atoms with E-state index in [4.69, 9.17) is 0 Å². The van der Waals surface area contributed by atoms with E-state index < -0.39 is 0 Å². The summed E-state index contributed by atoms with van der Waals surface area (Å²) in [5.41, 5.74) is 11.4. The van der Waals surface area contributed by atoms with Gasteiger partial charge in [-0.15, -0.1) is 0 Å². The van der Waals surface area contributed by atoms with Crippen LogP contribution in [0.1, 0.15) is 124 Å². The van der Waals surface area contributed by atoms with E-state index in [0.717, 1.165) is 12.8 Å². The second-order valence-electron chi connectivity index (χ2n) is 12.2. The van der Waals surface area contributed by atoms with E-state index in [0.29, 0.717) is 0 Å². The quantitative estimate of drug-likeness (QED) is 0.109. The lowest BCUT2D eigenvalue weighted by Gasteiger charge is -2.37. The largest absolute Gasteiger partial charge is 0.0718 e. The van der Waals surface area contributed by atoms with Gasteiger partial charge in [-0.2, -0.15) is 0 Å². The molecule has 0 saturated carbocycles. The summed E-state index contributed by atoms with van der Waals surface area (Å²) < 4.78 is 0. The van der Waals surface area contributed by atoms with E-state index in [1.807, 2.05) is 0 Å². The number of hydrogen-bond donors (Lipinski definition) is 0. The number of hydrogen-bond acceptors (Lipinski definition) is 0. The standard InChI is InChI=1S/C41H50/c1-3-5-7-9-11-13-23-33-25-15-19-29-37(33)41(38-30-20-16-26-34(38)24-14-12-10-8-6-4-2)39-31-21-17-27-35(39)36-28-18-22-32-40(36)41/h15-22,25-32H,3-14,23-24H2,1-2H3. The maximum Gasteiger partial charge on any atom is 0.0718 e. The lowest BCUT2D eigenvalue weighted by Crippen LogP contribution is -2.31. The summed E-state index contributed by atoms with van der Waals surface area (Å²) in [7, 11) is 0. The lowest BCUT2D eigenvalue weighted by molar-refractivity contribution is 0.601. The smallest absolute Gasteiger partial charge is 0.0654 e. The summed E-state index contributed by atoms with van der Waals surface area (Å²) >= 11 is 0. The molecule has 0 radical (unpaired) electrons. The van der Waals surface area contributed by atoms with E-state index in [2.05, 4.69) is 111 Å². The van der Waals surface area contributed by atoms with Gasteiger partial charge in [0, 0.05) is 0 Å². The predicted octanol–water partition coefficient (Wildman–Crippen LogP) is 11.9. The molecule has 1 aliphatic rings. The van der Waals surface area contributed by atoms with Crippen LogP contribution in [0.5, 0.6) is 0 Å². The molecule has 0 aromatic heterocycles. The van der Waals surface area contributed by atoms with Crippen LogP contribution in [0.4, 0.5) is 0 Å². The molecule has 0 unspecified atom stereocenters. The average Bonchev–Trinajstić information content (AvgIpc) is 3.32. The third-order valence-electron chi connectivity index (χ3n) is 9.39. The Hall–Kier alpha value is -3.12. The van der Waals surface area contributed by atoms with Crippen LogP contribution in [-0.2, 0) is 18.3 Å². The first-order valence-electron chi connectivity index (χ1n) is 16.7. The Kier molecular flexibility index (Phi) is 10.5. The van der Waals surface area contributed by atoms with Crippen molar-refractivity contribution in [1.82, 2.24) is 0 Å². The van der Waals surface area contributed by atoms with Crippen LogP contribution in [-0.4, -0.2) is 0 Å². The van der Waals surface area contributed by atoms with Crippen molar-refractivity contribution < 1.29 is 0 Å². The SMILES string of the molecule is CCCCCCCCc1ccccc1C1(c2ccccc2CCCCCCCC)c2ccccc2-c2ccccc21. The molecule has 0 spiro atoms. The molecule has 214 valence electrons. The zero-order valence-electron chi connectivity index (χ0n) is 25.6. The van der Waals surface area contributed by atoms with Crippen LogP contribution in [0, 0.1) is 0 Å². The summed E-state index contributed by atoms with van der Waals surface area (Å²) in [5.74, 6) is 0. The van der Waals surface area contributed by atoms with Crippen LogP contribution in [0.3, 0.4) is 0 Å². The van der Waals surface area contributed by atoms with Crippen molar-refractivity contribution in [2.24, 2.45) is 0 Å². The number of fused-ring (bicyclic) bond motifs is 3. The molecular formula is C41H50.